The van der Waals surface area contributed by atoms with Gasteiger partial charge in [-0.3, -0.25) is 4.79 Å². The van der Waals surface area contributed by atoms with Gasteiger partial charge in [0.25, 0.3) is 0 Å². The Labute approximate surface area is 113 Å². The molecular formula is C14H18N2OS. The summed E-state index contributed by atoms with van der Waals surface area (Å²) in [6.45, 7) is 4.68. The van der Waals surface area contributed by atoms with Crippen LogP contribution in [-0.2, 0) is 11.2 Å². The van der Waals surface area contributed by atoms with E-state index in [1.54, 1.807) is 0 Å². The van der Waals surface area contributed by atoms with Gasteiger partial charge in [-0.1, -0.05) is 44.3 Å². The van der Waals surface area contributed by atoms with Gasteiger partial charge < -0.3 is 10.6 Å². The number of amides is 1. The minimum absolute atomic E-state index is 0.0300. The van der Waals surface area contributed by atoms with Crippen LogP contribution >= 0.6 is 12.2 Å². The lowest BCUT2D eigenvalue weighted by Crippen LogP contribution is -2.43. The maximum atomic E-state index is 12.5. The van der Waals surface area contributed by atoms with Gasteiger partial charge in [-0.2, -0.15) is 0 Å². The molecule has 0 aromatic heterocycles. The Balaban J connectivity index is 2.28. The number of nitrogens with two attached hydrogens (primary N) is 1. The molecule has 0 saturated heterocycles. The Hall–Kier alpha value is -1.42. The summed E-state index contributed by atoms with van der Waals surface area (Å²) in [7, 11) is 0. The van der Waals surface area contributed by atoms with Crippen molar-refractivity contribution in [3.8, 4) is 0 Å². The quantitative estimate of drug-likeness (QED) is 0.849. The second kappa shape index (κ2) is 5.06. The average molecular weight is 262 g/mol. The SMILES string of the molecule is CC(C)C(C(=O)N1CCc2ccccc21)C(N)=S. The Bertz CT molecular complexity index is 484. The number of carbonyl (C=O) groups excluding carboxylic acids is 1. The normalized spacial score (nSPS) is 15.6. The van der Waals surface area contributed by atoms with Crippen LogP contribution in [0.15, 0.2) is 24.3 Å². The van der Waals surface area contributed by atoms with Gasteiger partial charge in [0, 0.05) is 12.2 Å². The smallest absolute Gasteiger partial charge is 0.237 e. The third-order valence-corrected chi connectivity index (χ3v) is 3.65. The maximum absolute atomic E-state index is 12.5. The van der Waals surface area contributed by atoms with E-state index in [0.717, 1.165) is 18.7 Å². The van der Waals surface area contributed by atoms with E-state index in [-0.39, 0.29) is 17.7 Å². The molecule has 18 heavy (non-hydrogen) atoms. The van der Waals surface area contributed by atoms with Crippen molar-refractivity contribution >= 4 is 28.8 Å². The molecule has 1 aromatic carbocycles. The summed E-state index contributed by atoms with van der Waals surface area (Å²) in [5.41, 5.74) is 7.93. The molecule has 1 aliphatic rings. The summed E-state index contributed by atoms with van der Waals surface area (Å²) in [5, 5.41) is 0. The van der Waals surface area contributed by atoms with E-state index >= 15 is 0 Å². The van der Waals surface area contributed by atoms with Crippen LogP contribution in [0.3, 0.4) is 0 Å². The first-order chi connectivity index (χ1) is 8.52. The molecule has 3 nitrogen and oxygen atoms in total. The van der Waals surface area contributed by atoms with E-state index < -0.39 is 0 Å². The topological polar surface area (TPSA) is 46.3 Å². The number of hydrogen-bond acceptors (Lipinski definition) is 2. The highest BCUT2D eigenvalue weighted by Crippen LogP contribution is 2.30. The molecule has 0 radical (unpaired) electrons. The first-order valence-electron chi connectivity index (χ1n) is 6.21. The van der Waals surface area contributed by atoms with Crippen molar-refractivity contribution in [2.45, 2.75) is 20.3 Å². The minimum atomic E-state index is -0.369. The van der Waals surface area contributed by atoms with Crippen molar-refractivity contribution in [3.05, 3.63) is 29.8 Å². The fourth-order valence-electron chi connectivity index (χ4n) is 2.47. The Morgan fingerprint density at radius 3 is 2.67 bits per heavy atom. The molecule has 1 unspecified atom stereocenters. The number of nitrogens with zero attached hydrogens (tertiary/aromatic N) is 1. The first-order valence-corrected chi connectivity index (χ1v) is 6.61. The second-order valence-corrected chi connectivity index (χ2v) is 5.46. The van der Waals surface area contributed by atoms with Crippen molar-refractivity contribution in [3.63, 3.8) is 0 Å². The summed E-state index contributed by atoms with van der Waals surface area (Å²) in [6, 6.07) is 8.00. The zero-order chi connectivity index (χ0) is 13.3. The summed E-state index contributed by atoms with van der Waals surface area (Å²) in [5.74, 6) is -0.212. The number of para-hydroxylation sites is 1. The number of fused-ring (bicyclic) bond motifs is 1. The third kappa shape index (κ3) is 2.25. The Kier molecular flexibility index (Phi) is 3.66. The molecular weight excluding hydrogens is 244 g/mol. The van der Waals surface area contributed by atoms with E-state index in [1.165, 1.54) is 5.56 Å². The van der Waals surface area contributed by atoms with Gasteiger partial charge in [0.15, 0.2) is 0 Å². The molecule has 1 atom stereocenters. The predicted molar refractivity (Wildman–Crippen MR) is 77.6 cm³/mol. The standard InChI is InChI=1S/C14H18N2OS/c1-9(2)12(13(15)18)14(17)16-8-7-10-5-3-4-6-11(10)16/h3-6,9,12H,7-8H2,1-2H3,(H2,15,18). The summed E-state index contributed by atoms with van der Waals surface area (Å²) >= 11 is 5.03. The van der Waals surface area contributed by atoms with Crippen LogP contribution in [0, 0.1) is 11.8 Å². The van der Waals surface area contributed by atoms with Crippen molar-refractivity contribution in [1.29, 1.82) is 0 Å². The zero-order valence-corrected chi connectivity index (χ0v) is 11.5. The van der Waals surface area contributed by atoms with Crippen molar-refractivity contribution in [2.24, 2.45) is 17.6 Å². The first kappa shape index (κ1) is 13.0. The number of carbonyl (C=O) groups is 1. The van der Waals surface area contributed by atoms with Gasteiger partial charge in [0.2, 0.25) is 5.91 Å². The van der Waals surface area contributed by atoms with Gasteiger partial charge in [-0.25, -0.2) is 0 Å². The number of benzene rings is 1. The van der Waals surface area contributed by atoms with E-state index in [4.69, 9.17) is 18.0 Å². The Morgan fingerprint density at radius 2 is 2.06 bits per heavy atom. The molecule has 0 spiro atoms. The molecule has 0 fully saturated rings. The van der Waals surface area contributed by atoms with Gasteiger partial charge in [-0.05, 0) is 24.0 Å². The van der Waals surface area contributed by atoms with Gasteiger partial charge >= 0.3 is 0 Å². The van der Waals surface area contributed by atoms with E-state index in [0.29, 0.717) is 4.99 Å². The van der Waals surface area contributed by atoms with Gasteiger partial charge in [0.05, 0.1) is 10.9 Å². The van der Waals surface area contributed by atoms with Crippen LogP contribution < -0.4 is 10.6 Å². The van der Waals surface area contributed by atoms with Crippen LogP contribution in [0.5, 0.6) is 0 Å². The highest BCUT2D eigenvalue weighted by Gasteiger charge is 2.33. The van der Waals surface area contributed by atoms with E-state index in [2.05, 4.69) is 6.07 Å². The molecule has 96 valence electrons. The van der Waals surface area contributed by atoms with Crippen LogP contribution in [0.25, 0.3) is 0 Å². The third-order valence-electron chi connectivity index (χ3n) is 3.39. The largest absolute Gasteiger partial charge is 0.393 e. The predicted octanol–water partition coefficient (Wildman–Crippen LogP) is 2.13. The van der Waals surface area contributed by atoms with E-state index in [9.17, 15) is 4.79 Å². The summed E-state index contributed by atoms with van der Waals surface area (Å²) < 4.78 is 0. The number of thiocarbonyl (C=S) groups is 1. The van der Waals surface area contributed by atoms with Crippen molar-refractivity contribution < 1.29 is 4.79 Å². The van der Waals surface area contributed by atoms with Crippen LogP contribution in [0.2, 0.25) is 0 Å². The molecule has 0 bridgehead atoms. The van der Waals surface area contributed by atoms with Gasteiger partial charge in [0.1, 0.15) is 0 Å². The second-order valence-electron chi connectivity index (χ2n) is 4.99. The number of anilines is 1. The van der Waals surface area contributed by atoms with Crippen LogP contribution in [0.4, 0.5) is 5.69 Å². The average Bonchev–Trinajstić information content (AvgIpc) is 2.71. The lowest BCUT2D eigenvalue weighted by atomic mass is 9.94. The minimum Gasteiger partial charge on any atom is -0.393 e. The van der Waals surface area contributed by atoms with E-state index in [1.807, 2.05) is 36.9 Å². The monoisotopic (exact) mass is 262 g/mol. The van der Waals surface area contributed by atoms with Crippen molar-refractivity contribution in [1.82, 2.24) is 0 Å². The fraction of sp³-hybridized carbons (Fsp3) is 0.429. The molecule has 1 aromatic rings. The zero-order valence-electron chi connectivity index (χ0n) is 10.7. The van der Waals surface area contributed by atoms with Gasteiger partial charge in [-0.15, -0.1) is 0 Å². The highest BCUT2D eigenvalue weighted by atomic mass is 32.1. The molecule has 2 N–H and O–H groups in total. The number of hydrogen-bond donors (Lipinski definition) is 1. The van der Waals surface area contributed by atoms with Crippen molar-refractivity contribution in [2.75, 3.05) is 11.4 Å². The van der Waals surface area contributed by atoms with Crippen LogP contribution in [0.1, 0.15) is 19.4 Å². The highest BCUT2D eigenvalue weighted by molar-refractivity contribution is 7.80. The van der Waals surface area contributed by atoms with Crippen LogP contribution in [-0.4, -0.2) is 17.4 Å². The molecule has 4 heteroatoms. The Morgan fingerprint density at radius 1 is 1.39 bits per heavy atom. The lowest BCUT2D eigenvalue weighted by molar-refractivity contribution is -0.121. The molecule has 0 aliphatic carbocycles. The molecule has 2 rings (SSSR count). The summed E-state index contributed by atoms with van der Waals surface area (Å²) in [6.07, 6.45) is 0.907. The molecule has 0 saturated carbocycles. The molecule has 1 aliphatic heterocycles. The lowest BCUT2D eigenvalue weighted by Gasteiger charge is -2.25. The number of rotatable bonds is 3. The summed E-state index contributed by atoms with van der Waals surface area (Å²) in [4.78, 5) is 14.7. The molecule has 1 heterocycles. The maximum Gasteiger partial charge on any atom is 0.237 e. The molecule has 1 amide bonds. The fourth-order valence-corrected chi connectivity index (χ4v) is 2.84.